The number of hydrogen-bond donors (Lipinski definition) is 1. The molecule has 7 heteroatoms. The normalized spacial score (nSPS) is 11.0. The van der Waals surface area contributed by atoms with Crippen molar-refractivity contribution in [2.24, 2.45) is 0 Å². The lowest BCUT2D eigenvalue weighted by Gasteiger charge is -2.11. The number of benzene rings is 2. The second kappa shape index (κ2) is 6.94. The maximum atomic E-state index is 13.4. The Balaban J connectivity index is 1.96. The van der Waals surface area contributed by atoms with Crippen LogP contribution in [0.15, 0.2) is 65.6 Å². The van der Waals surface area contributed by atoms with Crippen LogP contribution in [-0.4, -0.2) is 13.4 Å². The van der Waals surface area contributed by atoms with E-state index in [1.807, 2.05) is 0 Å². The number of nitriles is 1. The number of nitrogens with one attached hydrogen (secondary N) is 1. The Morgan fingerprint density at radius 2 is 1.81 bits per heavy atom. The van der Waals surface area contributed by atoms with E-state index in [9.17, 15) is 12.8 Å². The Kier molecular flexibility index (Phi) is 4.69. The number of anilines is 1. The van der Waals surface area contributed by atoms with Gasteiger partial charge in [0.15, 0.2) is 11.5 Å². The van der Waals surface area contributed by atoms with Crippen molar-refractivity contribution >= 4 is 15.7 Å². The molecule has 0 spiro atoms. The molecule has 3 rings (SSSR count). The summed E-state index contributed by atoms with van der Waals surface area (Å²) in [4.78, 5) is 4.08. The Hall–Kier alpha value is -3.24. The van der Waals surface area contributed by atoms with Crippen LogP contribution >= 0.6 is 0 Å². The Morgan fingerprint density at radius 1 is 1.08 bits per heavy atom. The Labute approximate surface area is 150 Å². The van der Waals surface area contributed by atoms with E-state index in [0.29, 0.717) is 22.5 Å². The van der Waals surface area contributed by atoms with E-state index in [1.165, 1.54) is 24.3 Å². The first-order valence-electron chi connectivity index (χ1n) is 7.66. The van der Waals surface area contributed by atoms with E-state index in [2.05, 4.69) is 9.71 Å². The van der Waals surface area contributed by atoms with Crippen LogP contribution in [0, 0.1) is 24.1 Å². The maximum absolute atomic E-state index is 13.4. The van der Waals surface area contributed by atoms with Gasteiger partial charge in [-0.25, -0.2) is 17.8 Å². The van der Waals surface area contributed by atoms with Gasteiger partial charge in [0, 0.05) is 11.3 Å². The molecule has 1 heterocycles. The van der Waals surface area contributed by atoms with Crippen molar-refractivity contribution < 1.29 is 12.8 Å². The molecule has 26 heavy (non-hydrogen) atoms. The molecule has 0 atom stereocenters. The van der Waals surface area contributed by atoms with E-state index >= 15 is 0 Å². The van der Waals surface area contributed by atoms with E-state index in [4.69, 9.17) is 5.26 Å². The summed E-state index contributed by atoms with van der Waals surface area (Å²) in [5.74, 6) is -0.694. The predicted octanol–water partition coefficient (Wildman–Crippen LogP) is 3.87. The number of halogens is 1. The van der Waals surface area contributed by atoms with Crippen molar-refractivity contribution in [1.29, 1.82) is 5.26 Å². The van der Waals surface area contributed by atoms with Gasteiger partial charge in [0.25, 0.3) is 10.0 Å². The quantitative estimate of drug-likeness (QED) is 0.759. The molecule has 0 aliphatic rings. The SMILES string of the molecule is Cc1cc(S(=O)(=O)Nc2ccccc2)ccc1-c1ccc(F)c(C#N)n1. The largest absolute Gasteiger partial charge is 0.280 e. The van der Waals surface area contributed by atoms with Gasteiger partial charge in [-0.15, -0.1) is 0 Å². The molecule has 0 saturated heterocycles. The highest BCUT2D eigenvalue weighted by Gasteiger charge is 2.16. The van der Waals surface area contributed by atoms with E-state index in [1.54, 1.807) is 49.4 Å². The highest BCUT2D eigenvalue weighted by molar-refractivity contribution is 7.92. The molecular formula is C19H14FN3O2S. The fraction of sp³-hybridized carbons (Fsp3) is 0.0526. The number of para-hydroxylation sites is 1. The molecule has 0 saturated carbocycles. The van der Waals surface area contributed by atoms with Crippen molar-refractivity contribution in [1.82, 2.24) is 4.98 Å². The minimum Gasteiger partial charge on any atom is -0.280 e. The first-order chi connectivity index (χ1) is 12.4. The zero-order valence-electron chi connectivity index (χ0n) is 13.8. The fourth-order valence-electron chi connectivity index (χ4n) is 2.48. The van der Waals surface area contributed by atoms with Gasteiger partial charge in [-0.05, 0) is 48.9 Å². The standard InChI is InChI=1S/C19H14FN3O2S/c1-13-11-15(26(24,25)23-14-5-3-2-4-6-14)7-8-16(13)18-10-9-17(20)19(12-21)22-18/h2-11,23H,1H3. The maximum Gasteiger partial charge on any atom is 0.261 e. The zero-order chi connectivity index (χ0) is 18.7. The molecule has 0 unspecified atom stereocenters. The molecule has 0 amide bonds. The Bertz CT molecular complexity index is 1110. The third kappa shape index (κ3) is 3.55. The second-order valence-corrected chi connectivity index (χ2v) is 7.27. The van der Waals surface area contributed by atoms with Crippen LogP contribution < -0.4 is 4.72 Å². The zero-order valence-corrected chi connectivity index (χ0v) is 14.6. The number of sulfonamides is 1. The summed E-state index contributed by atoms with van der Waals surface area (Å²) in [6.07, 6.45) is 0. The molecule has 0 radical (unpaired) electrons. The molecule has 1 aromatic heterocycles. The van der Waals surface area contributed by atoms with Crippen LogP contribution in [0.2, 0.25) is 0 Å². The molecule has 1 N–H and O–H groups in total. The van der Waals surface area contributed by atoms with Gasteiger partial charge in [0.05, 0.1) is 10.6 Å². The minimum absolute atomic E-state index is 0.102. The predicted molar refractivity (Wildman–Crippen MR) is 96.3 cm³/mol. The van der Waals surface area contributed by atoms with Crippen LogP contribution in [0.1, 0.15) is 11.3 Å². The Morgan fingerprint density at radius 3 is 2.46 bits per heavy atom. The monoisotopic (exact) mass is 367 g/mol. The van der Waals surface area contributed by atoms with Gasteiger partial charge in [-0.3, -0.25) is 4.72 Å². The average molecular weight is 367 g/mol. The van der Waals surface area contributed by atoms with Gasteiger partial charge in [0.2, 0.25) is 0 Å². The van der Waals surface area contributed by atoms with Crippen LogP contribution in [-0.2, 0) is 10.0 Å². The van der Waals surface area contributed by atoms with Crippen molar-refractivity contribution in [2.45, 2.75) is 11.8 Å². The summed E-state index contributed by atoms with van der Waals surface area (Å²) in [7, 11) is -3.74. The fourth-order valence-corrected chi connectivity index (χ4v) is 3.62. The molecule has 2 aromatic carbocycles. The van der Waals surface area contributed by atoms with E-state index in [-0.39, 0.29) is 10.6 Å². The average Bonchev–Trinajstić information content (AvgIpc) is 2.63. The summed E-state index contributed by atoms with van der Waals surface area (Å²) in [6.45, 7) is 1.73. The lowest BCUT2D eigenvalue weighted by atomic mass is 10.1. The summed E-state index contributed by atoms with van der Waals surface area (Å²) >= 11 is 0. The molecular weight excluding hydrogens is 353 g/mol. The molecule has 130 valence electrons. The van der Waals surface area contributed by atoms with E-state index < -0.39 is 15.8 Å². The highest BCUT2D eigenvalue weighted by Crippen LogP contribution is 2.26. The number of aryl methyl sites for hydroxylation is 1. The van der Waals surface area contributed by atoms with Gasteiger partial charge in [-0.1, -0.05) is 24.3 Å². The third-order valence-corrected chi connectivity index (χ3v) is 5.14. The highest BCUT2D eigenvalue weighted by atomic mass is 32.2. The first kappa shape index (κ1) is 17.6. The number of pyridine rings is 1. The molecule has 5 nitrogen and oxygen atoms in total. The van der Waals surface area contributed by atoms with Gasteiger partial charge in [0.1, 0.15) is 6.07 Å². The van der Waals surface area contributed by atoms with Gasteiger partial charge < -0.3 is 0 Å². The summed E-state index contributed by atoms with van der Waals surface area (Å²) < 4.78 is 41.0. The van der Waals surface area contributed by atoms with Crippen molar-refractivity contribution in [2.75, 3.05) is 4.72 Å². The smallest absolute Gasteiger partial charge is 0.261 e. The van der Waals surface area contributed by atoms with Gasteiger partial charge in [-0.2, -0.15) is 5.26 Å². The van der Waals surface area contributed by atoms with Crippen LogP contribution in [0.25, 0.3) is 11.3 Å². The second-order valence-electron chi connectivity index (χ2n) is 5.59. The number of nitrogens with zero attached hydrogens (tertiary/aromatic N) is 2. The molecule has 3 aromatic rings. The first-order valence-corrected chi connectivity index (χ1v) is 9.14. The molecule has 0 fully saturated rings. The number of hydrogen-bond acceptors (Lipinski definition) is 4. The van der Waals surface area contributed by atoms with Crippen LogP contribution in [0.4, 0.5) is 10.1 Å². The molecule has 0 aliphatic heterocycles. The molecule has 0 bridgehead atoms. The van der Waals surface area contributed by atoms with Crippen molar-refractivity contribution in [3.63, 3.8) is 0 Å². The van der Waals surface area contributed by atoms with Crippen LogP contribution in [0.3, 0.4) is 0 Å². The lowest BCUT2D eigenvalue weighted by Crippen LogP contribution is -2.13. The van der Waals surface area contributed by atoms with Crippen molar-refractivity contribution in [3.8, 4) is 17.3 Å². The summed E-state index contributed by atoms with van der Waals surface area (Å²) in [6, 6.07) is 17.5. The lowest BCUT2D eigenvalue weighted by molar-refractivity contribution is 0.601. The van der Waals surface area contributed by atoms with Crippen LogP contribution in [0.5, 0.6) is 0 Å². The third-order valence-electron chi connectivity index (χ3n) is 3.76. The topological polar surface area (TPSA) is 82.9 Å². The molecule has 0 aliphatic carbocycles. The van der Waals surface area contributed by atoms with E-state index in [0.717, 1.165) is 0 Å². The summed E-state index contributed by atoms with van der Waals surface area (Å²) in [5, 5.41) is 8.91. The number of aromatic nitrogens is 1. The summed E-state index contributed by atoms with van der Waals surface area (Å²) in [5.41, 5.74) is 1.84. The van der Waals surface area contributed by atoms with Crippen molar-refractivity contribution in [3.05, 3.63) is 77.7 Å². The van der Waals surface area contributed by atoms with Gasteiger partial charge >= 0.3 is 0 Å². The minimum atomic E-state index is -3.74. The number of rotatable bonds is 4.